The summed E-state index contributed by atoms with van der Waals surface area (Å²) in [5, 5.41) is 11.9. The zero-order valence-corrected chi connectivity index (χ0v) is 16.0. The number of nitrogens with one attached hydrogen (secondary N) is 2. The van der Waals surface area contributed by atoms with Gasteiger partial charge in [-0.2, -0.15) is 0 Å². The molecule has 1 aromatic rings. The average molecular weight is 367 g/mol. The number of benzene rings is 1. The van der Waals surface area contributed by atoms with Crippen molar-refractivity contribution in [3.63, 3.8) is 0 Å². The number of hydrogen-bond acceptors (Lipinski definition) is 3. The largest absolute Gasteiger partial charge is 0.357 e. The smallest absolute Gasteiger partial charge is 0.238 e. The van der Waals surface area contributed by atoms with Crippen molar-refractivity contribution in [2.45, 2.75) is 56.9 Å². The van der Waals surface area contributed by atoms with Crippen molar-refractivity contribution in [2.75, 3.05) is 13.1 Å². The molecule has 0 saturated heterocycles. The lowest BCUT2D eigenvalue weighted by Gasteiger charge is -2.28. The Hall–Kier alpha value is -1.60. The molecule has 0 aromatic heterocycles. The van der Waals surface area contributed by atoms with Crippen LogP contribution >= 0.6 is 0 Å². The van der Waals surface area contributed by atoms with E-state index in [9.17, 15) is 8.42 Å². The third-order valence-electron chi connectivity index (χ3n) is 4.62. The van der Waals surface area contributed by atoms with Crippen LogP contribution in [0.2, 0.25) is 0 Å². The normalized spacial score (nSPS) is 21.8. The molecule has 0 aliphatic heterocycles. The van der Waals surface area contributed by atoms with E-state index in [-0.39, 0.29) is 4.90 Å². The Morgan fingerprint density at radius 2 is 1.84 bits per heavy atom. The standard InChI is InChI=1S/C18H30N4O2S/c1-3-20-18(22-16-8-4-14(2)5-9-16)21-13-12-15-6-10-17(11-7-15)25(19,23)24/h6-7,10-11,14,16H,3-5,8-9,12-13H2,1-2H3,(H2,19,23,24)(H2,20,21,22). The molecule has 0 unspecified atom stereocenters. The van der Waals surface area contributed by atoms with Gasteiger partial charge in [-0.3, -0.25) is 4.99 Å². The maximum absolute atomic E-state index is 11.3. The monoisotopic (exact) mass is 366 g/mol. The number of nitrogens with zero attached hydrogens (tertiary/aromatic N) is 1. The van der Waals surface area contributed by atoms with E-state index in [0.717, 1.165) is 30.4 Å². The van der Waals surface area contributed by atoms with Gasteiger partial charge in [0.15, 0.2) is 5.96 Å². The third-order valence-corrected chi connectivity index (χ3v) is 5.55. The Balaban J connectivity index is 1.88. The quantitative estimate of drug-likeness (QED) is 0.530. The molecule has 2 rings (SSSR count). The second kappa shape index (κ2) is 9.20. The van der Waals surface area contributed by atoms with Crippen molar-refractivity contribution < 1.29 is 8.42 Å². The van der Waals surface area contributed by atoms with E-state index in [4.69, 9.17) is 5.14 Å². The van der Waals surface area contributed by atoms with Crippen LogP contribution in [0.3, 0.4) is 0 Å². The minimum absolute atomic E-state index is 0.140. The number of primary sulfonamides is 1. The summed E-state index contributed by atoms with van der Waals surface area (Å²) in [7, 11) is -3.63. The molecule has 6 nitrogen and oxygen atoms in total. The molecule has 0 bridgehead atoms. The molecule has 7 heteroatoms. The SMILES string of the molecule is CCNC(=NCCc1ccc(S(N)(=O)=O)cc1)NC1CCC(C)CC1. The summed E-state index contributed by atoms with van der Waals surface area (Å²) in [5.41, 5.74) is 1.04. The molecule has 1 aromatic carbocycles. The molecule has 1 saturated carbocycles. The third kappa shape index (κ3) is 6.66. The Morgan fingerprint density at radius 3 is 2.40 bits per heavy atom. The molecular formula is C18H30N4O2S. The van der Waals surface area contributed by atoms with Crippen LogP contribution in [0.25, 0.3) is 0 Å². The molecule has 1 aliphatic rings. The molecule has 0 amide bonds. The molecule has 0 heterocycles. The summed E-state index contributed by atoms with van der Waals surface area (Å²) >= 11 is 0. The van der Waals surface area contributed by atoms with E-state index >= 15 is 0 Å². The van der Waals surface area contributed by atoms with Gasteiger partial charge in [-0.1, -0.05) is 19.1 Å². The lowest BCUT2D eigenvalue weighted by molar-refractivity contribution is 0.329. The number of nitrogens with two attached hydrogens (primary N) is 1. The molecule has 0 radical (unpaired) electrons. The summed E-state index contributed by atoms with van der Waals surface area (Å²) < 4.78 is 22.5. The van der Waals surface area contributed by atoms with E-state index in [2.05, 4.69) is 29.5 Å². The van der Waals surface area contributed by atoms with Gasteiger partial charge in [-0.15, -0.1) is 0 Å². The van der Waals surface area contributed by atoms with Crippen LogP contribution in [0, 0.1) is 5.92 Å². The first-order chi connectivity index (χ1) is 11.9. The summed E-state index contributed by atoms with van der Waals surface area (Å²) in [5.74, 6) is 1.70. The van der Waals surface area contributed by atoms with Crippen LogP contribution in [0.15, 0.2) is 34.2 Å². The molecule has 4 N–H and O–H groups in total. The Labute approximate surface area is 151 Å². The predicted octanol–water partition coefficient (Wildman–Crippen LogP) is 2.01. The fourth-order valence-electron chi connectivity index (χ4n) is 3.06. The average Bonchev–Trinajstić information content (AvgIpc) is 2.57. The van der Waals surface area contributed by atoms with Gasteiger partial charge in [0.2, 0.25) is 10.0 Å². The highest BCUT2D eigenvalue weighted by molar-refractivity contribution is 7.89. The number of rotatable bonds is 6. The molecule has 0 spiro atoms. The first kappa shape index (κ1) is 19.7. The maximum atomic E-state index is 11.3. The van der Waals surface area contributed by atoms with Crippen molar-refractivity contribution in [3.05, 3.63) is 29.8 Å². The van der Waals surface area contributed by atoms with E-state index in [1.165, 1.54) is 25.7 Å². The topological polar surface area (TPSA) is 96.6 Å². The predicted molar refractivity (Wildman–Crippen MR) is 102 cm³/mol. The van der Waals surface area contributed by atoms with Crippen LogP contribution in [-0.2, 0) is 16.4 Å². The van der Waals surface area contributed by atoms with Gasteiger partial charge in [-0.05, 0) is 62.6 Å². The van der Waals surface area contributed by atoms with Gasteiger partial charge in [0.25, 0.3) is 0 Å². The van der Waals surface area contributed by atoms with Crippen molar-refractivity contribution in [2.24, 2.45) is 16.0 Å². The fourth-order valence-corrected chi connectivity index (χ4v) is 3.58. The zero-order valence-electron chi connectivity index (χ0n) is 15.2. The van der Waals surface area contributed by atoms with Gasteiger partial charge >= 0.3 is 0 Å². The lowest BCUT2D eigenvalue weighted by Crippen LogP contribution is -2.44. The zero-order chi connectivity index (χ0) is 18.3. The number of hydrogen-bond donors (Lipinski definition) is 3. The van der Waals surface area contributed by atoms with Gasteiger partial charge in [0, 0.05) is 19.1 Å². The van der Waals surface area contributed by atoms with Crippen molar-refractivity contribution in [1.82, 2.24) is 10.6 Å². The van der Waals surface area contributed by atoms with Gasteiger partial charge in [-0.25, -0.2) is 13.6 Å². The van der Waals surface area contributed by atoms with Gasteiger partial charge in [0.1, 0.15) is 0 Å². The molecular weight excluding hydrogens is 336 g/mol. The Morgan fingerprint density at radius 1 is 1.20 bits per heavy atom. The highest BCUT2D eigenvalue weighted by Crippen LogP contribution is 2.23. The van der Waals surface area contributed by atoms with Crippen molar-refractivity contribution in [3.8, 4) is 0 Å². The summed E-state index contributed by atoms with van der Waals surface area (Å²) in [6, 6.07) is 7.17. The van der Waals surface area contributed by atoms with Crippen LogP contribution in [0.5, 0.6) is 0 Å². The van der Waals surface area contributed by atoms with Crippen LogP contribution in [-0.4, -0.2) is 33.5 Å². The molecule has 1 aliphatic carbocycles. The van der Waals surface area contributed by atoms with E-state index in [1.807, 2.05) is 0 Å². The van der Waals surface area contributed by atoms with E-state index in [0.29, 0.717) is 12.6 Å². The Bertz CT molecular complexity index is 663. The highest BCUT2D eigenvalue weighted by atomic mass is 32.2. The van der Waals surface area contributed by atoms with E-state index in [1.54, 1.807) is 24.3 Å². The van der Waals surface area contributed by atoms with Crippen molar-refractivity contribution in [1.29, 1.82) is 0 Å². The second-order valence-corrected chi connectivity index (χ2v) is 8.36. The number of guanidine groups is 1. The summed E-state index contributed by atoms with van der Waals surface area (Å²) in [6.07, 6.45) is 5.69. The first-order valence-electron chi connectivity index (χ1n) is 9.05. The minimum atomic E-state index is -3.63. The molecule has 1 fully saturated rings. The Kier molecular flexibility index (Phi) is 7.25. The van der Waals surface area contributed by atoms with Crippen molar-refractivity contribution >= 4 is 16.0 Å². The van der Waals surface area contributed by atoms with Crippen LogP contribution < -0.4 is 15.8 Å². The number of sulfonamides is 1. The highest BCUT2D eigenvalue weighted by Gasteiger charge is 2.18. The molecule has 25 heavy (non-hydrogen) atoms. The van der Waals surface area contributed by atoms with Crippen LogP contribution in [0.4, 0.5) is 0 Å². The number of aliphatic imine (C=N–C) groups is 1. The van der Waals surface area contributed by atoms with Crippen LogP contribution in [0.1, 0.15) is 45.1 Å². The minimum Gasteiger partial charge on any atom is -0.357 e. The van der Waals surface area contributed by atoms with Gasteiger partial charge in [0.05, 0.1) is 4.90 Å². The first-order valence-corrected chi connectivity index (χ1v) is 10.6. The lowest BCUT2D eigenvalue weighted by atomic mass is 9.87. The maximum Gasteiger partial charge on any atom is 0.238 e. The fraction of sp³-hybridized carbons (Fsp3) is 0.611. The summed E-state index contributed by atoms with van der Waals surface area (Å²) in [4.78, 5) is 4.78. The van der Waals surface area contributed by atoms with Gasteiger partial charge < -0.3 is 10.6 Å². The summed E-state index contributed by atoms with van der Waals surface area (Å²) in [6.45, 7) is 5.86. The van der Waals surface area contributed by atoms with E-state index < -0.39 is 10.0 Å². The molecule has 0 atom stereocenters. The second-order valence-electron chi connectivity index (χ2n) is 6.80. The molecule has 140 valence electrons.